The minimum atomic E-state index is -0.280. The number of pyridine rings is 1. The molecule has 0 spiro atoms. The second kappa shape index (κ2) is 7.17. The Hall–Kier alpha value is -2.21. The Labute approximate surface area is 130 Å². The summed E-state index contributed by atoms with van der Waals surface area (Å²) >= 11 is 0. The zero-order chi connectivity index (χ0) is 16.1. The number of carbonyl (C=O) groups excluding carboxylic acids is 1. The Balaban J connectivity index is 2.22. The molecule has 6 heteroatoms. The van der Waals surface area contributed by atoms with Crippen molar-refractivity contribution in [2.24, 2.45) is 0 Å². The molecule has 0 aromatic carbocycles. The van der Waals surface area contributed by atoms with Gasteiger partial charge in [0.25, 0.3) is 5.91 Å². The van der Waals surface area contributed by atoms with E-state index >= 15 is 0 Å². The van der Waals surface area contributed by atoms with Crippen molar-refractivity contribution in [1.82, 2.24) is 15.0 Å². The fraction of sp³-hybridized carbons (Fsp3) is 0.438. The molecule has 2 rings (SSSR count). The van der Waals surface area contributed by atoms with Gasteiger partial charge in [0.2, 0.25) is 0 Å². The number of hydrogen-bond donors (Lipinski definition) is 0. The Bertz CT molecular complexity index is 610. The van der Waals surface area contributed by atoms with Crippen molar-refractivity contribution in [3.63, 3.8) is 0 Å². The lowest BCUT2D eigenvalue weighted by atomic mass is 10.1. The number of hydrogen-bond acceptors (Lipinski definition) is 5. The number of rotatable bonds is 6. The van der Waals surface area contributed by atoms with E-state index in [1.54, 1.807) is 31.3 Å². The second-order valence-electron chi connectivity index (χ2n) is 5.41. The maximum Gasteiger partial charge on any atom is 0.276 e. The SMILES string of the molecule is COC[C@@H](c1ccccn1)N(C)C(=O)c1cc(C(C)C)on1. The summed E-state index contributed by atoms with van der Waals surface area (Å²) in [5.74, 6) is 0.658. The summed E-state index contributed by atoms with van der Waals surface area (Å²) < 4.78 is 10.4. The lowest BCUT2D eigenvalue weighted by Gasteiger charge is -2.26. The average Bonchev–Trinajstić information content (AvgIpc) is 3.02. The highest BCUT2D eigenvalue weighted by Crippen LogP contribution is 2.21. The molecule has 0 N–H and O–H groups in total. The summed E-state index contributed by atoms with van der Waals surface area (Å²) in [5, 5.41) is 3.87. The second-order valence-corrected chi connectivity index (χ2v) is 5.41. The largest absolute Gasteiger partial charge is 0.382 e. The number of methoxy groups -OCH3 is 1. The molecule has 2 heterocycles. The van der Waals surface area contributed by atoms with Gasteiger partial charge >= 0.3 is 0 Å². The maximum atomic E-state index is 12.6. The van der Waals surface area contributed by atoms with Crippen LogP contribution in [0.1, 0.15) is 47.7 Å². The summed E-state index contributed by atoms with van der Waals surface area (Å²) in [7, 11) is 3.31. The molecule has 0 aliphatic heterocycles. The minimum Gasteiger partial charge on any atom is -0.382 e. The monoisotopic (exact) mass is 303 g/mol. The van der Waals surface area contributed by atoms with Gasteiger partial charge in [-0.25, -0.2) is 0 Å². The van der Waals surface area contributed by atoms with Crippen molar-refractivity contribution >= 4 is 5.91 Å². The first-order valence-corrected chi connectivity index (χ1v) is 7.18. The predicted octanol–water partition coefficient (Wildman–Crippen LogP) is 2.65. The van der Waals surface area contributed by atoms with E-state index in [1.807, 2.05) is 32.0 Å². The Morgan fingerprint density at radius 3 is 2.73 bits per heavy atom. The molecular weight excluding hydrogens is 282 g/mol. The molecule has 0 aliphatic rings. The standard InChI is InChI=1S/C16H21N3O3/c1-11(2)15-9-13(18-22-15)16(20)19(3)14(10-21-4)12-7-5-6-8-17-12/h5-9,11,14H,10H2,1-4H3/t14-/m0/s1. The van der Waals surface area contributed by atoms with Gasteiger partial charge < -0.3 is 14.2 Å². The lowest BCUT2D eigenvalue weighted by Crippen LogP contribution is -2.34. The maximum absolute atomic E-state index is 12.6. The quantitative estimate of drug-likeness (QED) is 0.820. The van der Waals surface area contributed by atoms with E-state index in [9.17, 15) is 4.79 Å². The molecule has 118 valence electrons. The molecule has 1 atom stereocenters. The molecule has 1 amide bonds. The molecule has 2 aromatic heterocycles. The van der Waals surface area contributed by atoms with Crippen molar-refractivity contribution in [1.29, 1.82) is 0 Å². The van der Waals surface area contributed by atoms with Crippen LogP contribution in [0.25, 0.3) is 0 Å². The smallest absolute Gasteiger partial charge is 0.276 e. The summed E-state index contributed by atoms with van der Waals surface area (Å²) in [6.07, 6.45) is 1.70. The highest BCUT2D eigenvalue weighted by atomic mass is 16.5. The Morgan fingerprint density at radius 2 is 2.18 bits per heavy atom. The molecule has 22 heavy (non-hydrogen) atoms. The van der Waals surface area contributed by atoms with E-state index in [0.717, 1.165) is 5.69 Å². The third-order valence-electron chi connectivity index (χ3n) is 3.46. The van der Waals surface area contributed by atoms with Gasteiger partial charge in [0.15, 0.2) is 5.69 Å². The van der Waals surface area contributed by atoms with Crippen molar-refractivity contribution in [3.05, 3.63) is 47.6 Å². The average molecular weight is 303 g/mol. The molecule has 6 nitrogen and oxygen atoms in total. The van der Waals surface area contributed by atoms with Crippen molar-refractivity contribution in [3.8, 4) is 0 Å². The van der Waals surface area contributed by atoms with Gasteiger partial charge in [-0.1, -0.05) is 25.1 Å². The van der Waals surface area contributed by atoms with E-state index in [-0.39, 0.29) is 17.9 Å². The normalized spacial score (nSPS) is 12.4. The van der Waals surface area contributed by atoms with Gasteiger partial charge in [0.05, 0.1) is 18.3 Å². The van der Waals surface area contributed by atoms with E-state index in [4.69, 9.17) is 9.26 Å². The molecule has 0 aliphatic carbocycles. The fourth-order valence-corrected chi connectivity index (χ4v) is 2.11. The zero-order valence-corrected chi connectivity index (χ0v) is 13.3. The number of likely N-dealkylation sites (N-methyl/N-ethyl adjacent to an activating group) is 1. The Kier molecular flexibility index (Phi) is 5.27. The van der Waals surface area contributed by atoms with E-state index in [1.165, 1.54) is 0 Å². The van der Waals surface area contributed by atoms with Gasteiger partial charge in [-0.2, -0.15) is 0 Å². The molecule has 0 bridgehead atoms. The van der Waals surface area contributed by atoms with E-state index in [0.29, 0.717) is 18.1 Å². The summed E-state index contributed by atoms with van der Waals surface area (Å²) in [4.78, 5) is 18.5. The van der Waals surface area contributed by atoms with Crippen LogP contribution in [0.4, 0.5) is 0 Å². The first-order valence-electron chi connectivity index (χ1n) is 7.18. The molecule has 0 unspecified atom stereocenters. The molecule has 0 saturated heterocycles. The van der Waals surface area contributed by atoms with Crippen LogP contribution in [0.2, 0.25) is 0 Å². The van der Waals surface area contributed by atoms with Crippen LogP contribution in [0.3, 0.4) is 0 Å². The first-order chi connectivity index (χ1) is 10.5. The third kappa shape index (κ3) is 3.51. The molecular formula is C16H21N3O3. The van der Waals surface area contributed by atoms with Crippen molar-refractivity contribution in [2.45, 2.75) is 25.8 Å². The zero-order valence-electron chi connectivity index (χ0n) is 13.3. The fourth-order valence-electron chi connectivity index (χ4n) is 2.11. The number of carbonyl (C=O) groups is 1. The highest BCUT2D eigenvalue weighted by molar-refractivity contribution is 5.92. The molecule has 0 saturated carbocycles. The van der Waals surface area contributed by atoms with Gasteiger partial charge in [0, 0.05) is 32.3 Å². The topological polar surface area (TPSA) is 68.5 Å². The Morgan fingerprint density at radius 1 is 1.41 bits per heavy atom. The van der Waals surface area contributed by atoms with Crippen LogP contribution >= 0.6 is 0 Å². The van der Waals surface area contributed by atoms with Crippen LogP contribution in [-0.2, 0) is 4.74 Å². The van der Waals surface area contributed by atoms with Crippen LogP contribution in [0, 0.1) is 0 Å². The highest BCUT2D eigenvalue weighted by Gasteiger charge is 2.26. The van der Waals surface area contributed by atoms with Gasteiger partial charge in [-0.3, -0.25) is 9.78 Å². The van der Waals surface area contributed by atoms with Crippen LogP contribution in [0.5, 0.6) is 0 Å². The lowest BCUT2D eigenvalue weighted by molar-refractivity contribution is 0.0585. The van der Waals surface area contributed by atoms with Gasteiger partial charge in [-0.15, -0.1) is 0 Å². The molecule has 2 aromatic rings. The first kappa shape index (κ1) is 16.2. The number of aromatic nitrogens is 2. The van der Waals surface area contributed by atoms with Gasteiger partial charge in [-0.05, 0) is 12.1 Å². The van der Waals surface area contributed by atoms with Crippen molar-refractivity contribution < 1.29 is 14.1 Å². The van der Waals surface area contributed by atoms with Crippen molar-refractivity contribution in [2.75, 3.05) is 20.8 Å². The van der Waals surface area contributed by atoms with Gasteiger partial charge in [0.1, 0.15) is 5.76 Å². The number of amides is 1. The van der Waals surface area contributed by atoms with Crippen LogP contribution in [0.15, 0.2) is 35.0 Å². The predicted molar refractivity (Wildman–Crippen MR) is 81.5 cm³/mol. The third-order valence-corrected chi connectivity index (χ3v) is 3.46. The summed E-state index contributed by atoms with van der Waals surface area (Å²) in [5.41, 5.74) is 1.07. The minimum absolute atomic E-state index is 0.185. The number of nitrogens with zero attached hydrogens (tertiary/aromatic N) is 3. The van der Waals surface area contributed by atoms with Crippen LogP contribution in [-0.4, -0.2) is 41.7 Å². The van der Waals surface area contributed by atoms with E-state index in [2.05, 4.69) is 10.1 Å². The summed E-state index contributed by atoms with van der Waals surface area (Å²) in [6, 6.07) is 7.00. The molecule has 0 radical (unpaired) electrons. The van der Waals surface area contributed by atoms with Crippen LogP contribution < -0.4 is 0 Å². The summed E-state index contributed by atoms with van der Waals surface area (Å²) in [6.45, 7) is 4.33. The number of ether oxygens (including phenoxy) is 1. The molecule has 0 fully saturated rings. The van der Waals surface area contributed by atoms with E-state index < -0.39 is 0 Å².